The van der Waals surface area contributed by atoms with Crippen LogP contribution in [-0.4, -0.2) is 27.2 Å². The highest BCUT2D eigenvalue weighted by molar-refractivity contribution is 5.75. The van der Waals surface area contributed by atoms with Crippen LogP contribution in [0.3, 0.4) is 0 Å². The Kier molecular flexibility index (Phi) is 2.82. The van der Waals surface area contributed by atoms with Gasteiger partial charge in [0.1, 0.15) is 6.04 Å². The zero-order valence-corrected chi connectivity index (χ0v) is 10.8. The van der Waals surface area contributed by atoms with E-state index < -0.39 is 18.3 Å². The van der Waals surface area contributed by atoms with Gasteiger partial charge in [-0.05, 0) is 13.0 Å². The Morgan fingerprint density at radius 2 is 2.19 bits per heavy atom. The van der Waals surface area contributed by atoms with Gasteiger partial charge in [-0.2, -0.15) is 5.10 Å². The highest BCUT2D eigenvalue weighted by Crippen LogP contribution is 2.46. The zero-order chi connectivity index (χ0) is 15.2. The summed E-state index contributed by atoms with van der Waals surface area (Å²) in [6.45, 7) is 1.46. The summed E-state index contributed by atoms with van der Waals surface area (Å²) in [5.74, 6) is -1.21. The monoisotopic (exact) mass is 296 g/mol. The first-order chi connectivity index (χ1) is 9.87. The van der Waals surface area contributed by atoms with Crippen molar-refractivity contribution in [2.24, 2.45) is 0 Å². The molecule has 2 aromatic rings. The average molecular weight is 296 g/mol. The lowest BCUT2D eigenvalue weighted by Gasteiger charge is -2.06. The molecule has 1 aliphatic heterocycles. The first-order valence-corrected chi connectivity index (χ1v) is 6.03. The van der Waals surface area contributed by atoms with Crippen LogP contribution in [-0.2, 0) is 4.79 Å². The van der Waals surface area contributed by atoms with Crippen LogP contribution in [0.2, 0.25) is 0 Å². The van der Waals surface area contributed by atoms with Crippen molar-refractivity contribution < 1.29 is 28.2 Å². The van der Waals surface area contributed by atoms with Crippen LogP contribution in [0.25, 0.3) is 11.1 Å². The van der Waals surface area contributed by atoms with Gasteiger partial charge in [0.05, 0.1) is 6.20 Å². The molecular formula is C13H10F2N2O4. The Morgan fingerprint density at radius 1 is 1.43 bits per heavy atom. The van der Waals surface area contributed by atoms with Gasteiger partial charge in [0.2, 0.25) is 0 Å². The van der Waals surface area contributed by atoms with Crippen LogP contribution in [0.5, 0.6) is 11.5 Å². The predicted molar refractivity (Wildman–Crippen MR) is 66.2 cm³/mol. The van der Waals surface area contributed by atoms with Crippen molar-refractivity contribution in [3.8, 4) is 22.6 Å². The number of aliphatic carboxylic acids is 1. The van der Waals surface area contributed by atoms with Crippen molar-refractivity contribution in [1.82, 2.24) is 9.78 Å². The molecule has 1 N–H and O–H groups in total. The molecule has 0 aliphatic carbocycles. The molecule has 3 rings (SSSR count). The molecule has 110 valence electrons. The van der Waals surface area contributed by atoms with E-state index in [1.54, 1.807) is 6.07 Å². The number of rotatable bonds is 3. The largest absolute Gasteiger partial charge is 0.586 e. The molecule has 0 radical (unpaired) electrons. The van der Waals surface area contributed by atoms with Crippen molar-refractivity contribution >= 4 is 5.97 Å². The van der Waals surface area contributed by atoms with E-state index >= 15 is 0 Å². The SMILES string of the molecule is CC(C(=O)O)n1cc(-c2cccc3c2OC(F)(F)O3)cn1. The Bertz CT molecular complexity index is 714. The van der Waals surface area contributed by atoms with E-state index in [-0.39, 0.29) is 11.5 Å². The summed E-state index contributed by atoms with van der Waals surface area (Å²) < 4.78 is 36.3. The third-order valence-electron chi connectivity index (χ3n) is 3.10. The number of alkyl halides is 2. The summed E-state index contributed by atoms with van der Waals surface area (Å²) in [7, 11) is 0. The number of aromatic nitrogens is 2. The number of para-hydroxylation sites is 1. The van der Waals surface area contributed by atoms with Gasteiger partial charge in [0, 0.05) is 17.3 Å². The third kappa shape index (κ3) is 2.28. The molecule has 0 amide bonds. The maximum Gasteiger partial charge on any atom is 0.586 e. The number of carboxylic acid groups (broad SMARTS) is 1. The number of benzene rings is 1. The highest BCUT2D eigenvalue weighted by Gasteiger charge is 2.44. The minimum absolute atomic E-state index is 0.0727. The molecular weight excluding hydrogens is 286 g/mol. The van der Waals surface area contributed by atoms with Gasteiger partial charge in [-0.1, -0.05) is 12.1 Å². The lowest BCUT2D eigenvalue weighted by atomic mass is 10.1. The number of ether oxygens (including phenoxy) is 2. The second-order valence-corrected chi connectivity index (χ2v) is 4.52. The lowest BCUT2D eigenvalue weighted by Crippen LogP contribution is -2.26. The second kappa shape index (κ2) is 4.44. The topological polar surface area (TPSA) is 73.6 Å². The molecule has 21 heavy (non-hydrogen) atoms. The maximum atomic E-state index is 13.1. The van der Waals surface area contributed by atoms with E-state index in [0.717, 1.165) is 0 Å². The summed E-state index contributed by atoms with van der Waals surface area (Å²) in [6.07, 6.45) is -0.869. The fourth-order valence-corrected chi connectivity index (χ4v) is 2.00. The molecule has 0 spiro atoms. The highest BCUT2D eigenvalue weighted by atomic mass is 19.3. The molecule has 6 nitrogen and oxygen atoms in total. The predicted octanol–water partition coefficient (Wildman–Crippen LogP) is 2.52. The van der Waals surface area contributed by atoms with Gasteiger partial charge in [-0.3, -0.25) is 4.68 Å². The Labute approximate surface area is 117 Å². The first-order valence-electron chi connectivity index (χ1n) is 6.03. The Hall–Kier alpha value is -2.64. The summed E-state index contributed by atoms with van der Waals surface area (Å²) in [5.41, 5.74) is 0.815. The molecule has 1 atom stereocenters. The minimum atomic E-state index is -3.71. The fourth-order valence-electron chi connectivity index (χ4n) is 2.00. The molecule has 1 aromatic heterocycles. The normalized spacial score (nSPS) is 16.7. The van der Waals surface area contributed by atoms with Crippen LogP contribution < -0.4 is 9.47 Å². The van der Waals surface area contributed by atoms with Crippen molar-refractivity contribution in [3.63, 3.8) is 0 Å². The van der Waals surface area contributed by atoms with Gasteiger partial charge in [-0.15, -0.1) is 8.78 Å². The summed E-state index contributed by atoms with van der Waals surface area (Å²) >= 11 is 0. The molecule has 0 bridgehead atoms. The van der Waals surface area contributed by atoms with Crippen LogP contribution >= 0.6 is 0 Å². The van der Waals surface area contributed by atoms with E-state index in [4.69, 9.17) is 5.11 Å². The van der Waals surface area contributed by atoms with Gasteiger partial charge in [0.15, 0.2) is 11.5 Å². The fraction of sp³-hybridized carbons (Fsp3) is 0.231. The van der Waals surface area contributed by atoms with E-state index in [2.05, 4.69) is 14.6 Å². The van der Waals surface area contributed by atoms with Crippen LogP contribution in [0.1, 0.15) is 13.0 Å². The smallest absolute Gasteiger partial charge is 0.480 e. The van der Waals surface area contributed by atoms with Crippen LogP contribution in [0.4, 0.5) is 8.78 Å². The van der Waals surface area contributed by atoms with Crippen LogP contribution in [0.15, 0.2) is 30.6 Å². The number of hydrogen-bond acceptors (Lipinski definition) is 4. The number of carbonyl (C=O) groups is 1. The van der Waals surface area contributed by atoms with Crippen molar-refractivity contribution in [3.05, 3.63) is 30.6 Å². The van der Waals surface area contributed by atoms with Crippen molar-refractivity contribution in [2.45, 2.75) is 19.3 Å². The summed E-state index contributed by atoms with van der Waals surface area (Å²) in [5, 5.41) is 12.9. The Balaban J connectivity index is 2.00. The lowest BCUT2D eigenvalue weighted by molar-refractivity contribution is -0.286. The average Bonchev–Trinajstić information content (AvgIpc) is 2.99. The van der Waals surface area contributed by atoms with E-state index in [1.165, 1.54) is 36.1 Å². The number of fused-ring (bicyclic) bond motifs is 1. The van der Waals surface area contributed by atoms with Gasteiger partial charge >= 0.3 is 12.3 Å². The number of halogens is 2. The molecule has 1 unspecified atom stereocenters. The molecule has 8 heteroatoms. The quantitative estimate of drug-likeness (QED) is 0.942. The zero-order valence-electron chi connectivity index (χ0n) is 10.8. The molecule has 1 aromatic carbocycles. The van der Waals surface area contributed by atoms with Crippen LogP contribution in [0, 0.1) is 0 Å². The van der Waals surface area contributed by atoms with E-state index in [9.17, 15) is 13.6 Å². The number of hydrogen-bond donors (Lipinski definition) is 1. The molecule has 0 saturated carbocycles. The van der Waals surface area contributed by atoms with Gasteiger partial charge < -0.3 is 14.6 Å². The standard InChI is InChI=1S/C13H10F2N2O4/c1-7(12(18)19)17-6-8(5-16-17)9-3-2-4-10-11(9)21-13(14,15)20-10/h2-7H,1H3,(H,18,19). The molecule has 2 heterocycles. The van der Waals surface area contributed by atoms with Gasteiger partial charge in [-0.25, -0.2) is 4.79 Å². The van der Waals surface area contributed by atoms with E-state index in [1.807, 2.05) is 0 Å². The number of carboxylic acids is 1. The van der Waals surface area contributed by atoms with Crippen molar-refractivity contribution in [1.29, 1.82) is 0 Å². The molecule has 1 aliphatic rings. The summed E-state index contributed by atoms with van der Waals surface area (Å²) in [4.78, 5) is 10.9. The molecule has 0 fully saturated rings. The molecule has 0 saturated heterocycles. The summed E-state index contributed by atoms with van der Waals surface area (Å²) in [6, 6.07) is 3.60. The van der Waals surface area contributed by atoms with E-state index in [0.29, 0.717) is 11.1 Å². The first kappa shape index (κ1) is 13.3. The second-order valence-electron chi connectivity index (χ2n) is 4.52. The van der Waals surface area contributed by atoms with Crippen molar-refractivity contribution in [2.75, 3.05) is 0 Å². The third-order valence-corrected chi connectivity index (χ3v) is 3.10. The Morgan fingerprint density at radius 3 is 2.90 bits per heavy atom. The minimum Gasteiger partial charge on any atom is -0.480 e. The maximum absolute atomic E-state index is 13.1. The number of nitrogens with zero attached hydrogens (tertiary/aromatic N) is 2. The van der Waals surface area contributed by atoms with Gasteiger partial charge in [0.25, 0.3) is 0 Å².